The summed E-state index contributed by atoms with van der Waals surface area (Å²) in [6.45, 7) is 0.524. The maximum absolute atomic E-state index is 13.4. The molecule has 0 unspecified atom stereocenters. The first-order chi connectivity index (χ1) is 6.77. The number of rotatable bonds is 5. The summed E-state index contributed by atoms with van der Waals surface area (Å²) >= 11 is 0. The van der Waals surface area contributed by atoms with Crippen molar-refractivity contribution in [1.29, 1.82) is 0 Å². The fraction of sp³-hybridized carbons (Fsp3) is 0.455. The minimum Gasteiger partial charge on any atom is -0.396 e. The van der Waals surface area contributed by atoms with Crippen LogP contribution in [-0.2, 0) is 17.8 Å². The molecule has 0 bridgehead atoms. The van der Waals surface area contributed by atoms with E-state index in [-0.39, 0.29) is 12.4 Å². The fourth-order valence-electron chi connectivity index (χ4n) is 1.32. The topological polar surface area (TPSA) is 29.5 Å². The molecule has 0 aliphatic rings. The Balaban J connectivity index is 2.68. The van der Waals surface area contributed by atoms with E-state index in [4.69, 9.17) is 9.84 Å². The number of hydrogen-bond donors (Lipinski definition) is 1. The number of aliphatic hydroxyl groups excluding tert-OH is 1. The quantitative estimate of drug-likeness (QED) is 0.783. The van der Waals surface area contributed by atoms with Crippen LogP contribution in [0.1, 0.15) is 17.5 Å². The zero-order chi connectivity index (χ0) is 10.4. The summed E-state index contributed by atoms with van der Waals surface area (Å²) < 4.78 is 18.3. The van der Waals surface area contributed by atoms with Gasteiger partial charge in [-0.3, -0.25) is 0 Å². The van der Waals surface area contributed by atoms with Gasteiger partial charge in [0.2, 0.25) is 0 Å². The van der Waals surface area contributed by atoms with Gasteiger partial charge in [0.05, 0.1) is 6.61 Å². The standard InChI is InChI=1S/C11H15FO2/c1-14-8-9-4-5-10(3-2-6-13)11(12)7-9/h4-5,7,13H,2-3,6,8H2,1H3. The molecule has 0 fully saturated rings. The van der Waals surface area contributed by atoms with Gasteiger partial charge in [-0.15, -0.1) is 0 Å². The lowest BCUT2D eigenvalue weighted by atomic mass is 10.1. The van der Waals surface area contributed by atoms with Gasteiger partial charge in [0.1, 0.15) is 5.82 Å². The van der Waals surface area contributed by atoms with Crippen molar-refractivity contribution in [2.75, 3.05) is 13.7 Å². The molecule has 1 aromatic rings. The fourth-order valence-corrected chi connectivity index (χ4v) is 1.32. The van der Waals surface area contributed by atoms with Crippen LogP contribution in [0.2, 0.25) is 0 Å². The highest BCUT2D eigenvalue weighted by atomic mass is 19.1. The van der Waals surface area contributed by atoms with E-state index in [2.05, 4.69) is 0 Å². The van der Waals surface area contributed by atoms with Gasteiger partial charge in [0.25, 0.3) is 0 Å². The summed E-state index contributed by atoms with van der Waals surface area (Å²) in [5.74, 6) is -0.215. The number of halogens is 1. The minimum absolute atomic E-state index is 0.0965. The maximum Gasteiger partial charge on any atom is 0.126 e. The Bertz CT molecular complexity index is 287. The molecule has 3 heteroatoms. The molecule has 0 aliphatic carbocycles. The van der Waals surface area contributed by atoms with E-state index in [1.54, 1.807) is 13.2 Å². The normalized spacial score (nSPS) is 10.5. The van der Waals surface area contributed by atoms with E-state index in [9.17, 15) is 4.39 Å². The molecule has 0 saturated heterocycles. The third-order valence-corrected chi connectivity index (χ3v) is 2.03. The summed E-state index contributed by atoms with van der Waals surface area (Å²) in [6.07, 6.45) is 1.18. The van der Waals surface area contributed by atoms with Crippen molar-refractivity contribution in [2.24, 2.45) is 0 Å². The third kappa shape index (κ3) is 3.09. The van der Waals surface area contributed by atoms with Crippen molar-refractivity contribution in [3.05, 3.63) is 35.1 Å². The van der Waals surface area contributed by atoms with Crippen LogP contribution in [0.3, 0.4) is 0 Å². The molecular formula is C11H15FO2. The smallest absolute Gasteiger partial charge is 0.126 e. The largest absolute Gasteiger partial charge is 0.396 e. The predicted molar refractivity (Wildman–Crippen MR) is 52.5 cm³/mol. The van der Waals surface area contributed by atoms with Gasteiger partial charge in [-0.1, -0.05) is 12.1 Å². The minimum atomic E-state index is -0.215. The van der Waals surface area contributed by atoms with Crippen LogP contribution in [0.5, 0.6) is 0 Å². The Morgan fingerprint density at radius 2 is 2.21 bits per heavy atom. The van der Waals surface area contributed by atoms with Crippen LogP contribution < -0.4 is 0 Å². The molecule has 1 rings (SSSR count). The average Bonchev–Trinajstić information content (AvgIpc) is 2.17. The number of benzene rings is 1. The van der Waals surface area contributed by atoms with E-state index >= 15 is 0 Å². The van der Waals surface area contributed by atoms with Crippen LogP contribution in [-0.4, -0.2) is 18.8 Å². The van der Waals surface area contributed by atoms with Gasteiger partial charge in [-0.25, -0.2) is 4.39 Å². The van der Waals surface area contributed by atoms with Crippen LogP contribution >= 0.6 is 0 Å². The summed E-state index contributed by atoms with van der Waals surface area (Å²) in [5, 5.41) is 8.61. The van der Waals surface area contributed by atoms with Crippen LogP contribution in [0.25, 0.3) is 0 Å². The lowest BCUT2D eigenvalue weighted by Crippen LogP contribution is -1.96. The Morgan fingerprint density at radius 3 is 2.79 bits per heavy atom. The number of aliphatic hydroxyl groups is 1. The molecule has 0 amide bonds. The van der Waals surface area contributed by atoms with E-state index in [0.29, 0.717) is 25.0 Å². The highest BCUT2D eigenvalue weighted by molar-refractivity contribution is 5.24. The molecule has 1 aromatic carbocycles. The van der Waals surface area contributed by atoms with Gasteiger partial charge >= 0.3 is 0 Å². The summed E-state index contributed by atoms with van der Waals surface area (Å²) in [4.78, 5) is 0. The summed E-state index contributed by atoms with van der Waals surface area (Å²) in [7, 11) is 1.58. The lowest BCUT2D eigenvalue weighted by Gasteiger charge is -2.04. The molecular weight excluding hydrogens is 183 g/mol. The molecule has 78 valence electrons. The van der Waals surface area contributed by atoms with Crippen molar-refractivity contribution in [2.45, 2.75) is 19.4 Å². The lowest BCUT2D eigenvalue weighted by molar-refractivity contribution is 0.184. The Morgan fingerprint density at radius 1 is 1.43 bits per heavy atom. The monoisotopic (exact) mass is 198 g/mol. The number of aryl methyl sites for hydroxylation is 1. The molecule has 0 saturated carbocycles. The second-order valence-corrected chi connectivity index (χ2v) is 3.19. The molecule has 14 heavy (non-hydrogen) atoms. The molecule has 2 nitrogen and oxygen atoms in total. The number of hydrogen-bond acceptors (Lipinski definition) is 2. The highest BCUT2D eigenvalue weighted by Crippen LogP contribution is 2.12. The van der Waals surface area contributed by atoms with Crippen LogP contribution in [0.15, 0.2) is 18.2 Å². The first-order valence-electron chi connectivity index (χ1n) is 4.65. The second-order valence-electron chi connectivity index (χ2n) is 3.19. The summed E-state index contributed by atoms with van der Waals surface area (Å²) in [5.41, 5.74) is 1.48. The zero-order valence-electron chi connectivity index (χ0n) is 8.29. The van der Waals surface area contributed by atoms with Gasteiger partial charge < -0.3 is 9.84 Å². The third-order valence-electron chi connectivity index (χ3n) is 2.03. The Hall–Kier alpha value is -0.930. The van der Waals surface area contributed by atoms with Crippen molar-refractivity contribution in [3.63, 3.8) is 0 Å². The van der Waals surface area contributed by atoms with Crippen molar-refractivity contribution in [1.82, 2.24) is 0 Å². The van der Waals surface area contributed by atoms with E-state index in [1.165, 1.54) is 6.07 Å². The molecule has 0 atom stereocenters. The molecule has 0 aliphatic heterocycles. The van der Waals surface area contributed by atoms with Gasteiger partial charge in [-0.2, -0.15) is 0 Å². The summed E-state index contributed by atoms with van der Waals surface area (Å²) in [6, 6.07) is 5.08. The number of methoxy groups -OCH3 is 1. The van der Waals surface area contributed by atoms with Gasteiger partial charge in [0, 0.05) is 13.7 Å². The van der Waals surface area contributed by atoms with E-state index < -0.39 is 0 Å². The number of ether oxygens (including phenoxy) is 1. The Labute approximate surface area is 83.3 Å². The van der Waals surface area contributed by atoms with Crippen LogP contribution in [0.4, 0.5) is 4.39 Å². The first-order valence-corrected chi connectivity index (χ1v) is 4.65. The second kappa shape index (κ2) is 5.73. The molecule has 1 N–H and O–H groups in total. The first kappa shape index (κ1) is 11.1. The molecule has 0 spiro atoms. The maximum atomic E-state index is 13.4. The predicted octanol–water partition coefficient (Wildman–Crippen LogP) is 1.90. The molecule has 0 heterocycles. The van der Waals surface area contributed by atoms with Gasteiger partial charge in [-0.05, 0) is 30.0 Å². The molecule has 0 aromatic heterocycles. The zero-order valence-corrected chi connectivity index (χ0v) is 8.29. The van der Waals surface area contributed by atoms with Crippen molar-refractivity contribution in [3.8, 4) is 0 Å². The van der Waals surface area contributed by atoms with Crippen molar-refractivity contribution >= 4 is 0 Å². The Kier molecular flexibility index (Phi) is 4.56. The van der Waals surface area contributed by atoms with E-state index in [0.717, 1.165) is 5.56 Å². The average molecular weight is 198 g/mol. The van der Waals surface area contributed by atoms with Crippen LogP contribution in [0, 0.1) is 5.82 Å². The SMILES string of the molecule is COCc1ccc(CCCO)c(F)c1. The van der Waals surface area contributed by atoms with E-state index in [1.807, 2.05) is 6.07 Å². The van der Waals surface area contributed by atoms with Crippen molar-refractivity contribution < 1.29 is 14.2 Å². The molecule has 0 radical (unpaired) electrons. The van der Waals surface area contributed by atoms with Gasteiger partial charge in [0.15, 0.2) is 0 Å². The highest BCUT2D eigenvalue weighted by Gasteiger charge is 2.02.